The van der Waals surface area contributed by atoms with Gasteiger partial charge in [-0.15, -0.1) is 17.0 Å². The zero-order valence-electron chi connectivity index (χ0n) is 28.3. The van der Waals surface area contributed by atoms with Crippen LogP contribution in [0.2, 0.25) is 0 Å². The quantitative estimate of drug-likeness (QED) is 0.0232. The lowest BCUT2D eigenvalue weighted by Gasteiger charge is -2.27. The van der Waals surface area contributed by atoms with Crippen LogP contribution in [-0.2, 0) is 14.3 Å². The summed E-state index contributed by atoms with van der Waals surface area (Å²) in [4.78, 5) is 33.7. The number of rotatable bonds is 20. The minimum Gasteiger partial charge on any atom is -0.463 e. The molecule has 0 aliphatic carbocycles. The summed E-state index contributed by atoms with van der Waals surface area (Å²) in [5.74, 6) is -1.21. The molecule has 0 saturated carbocycles. The lowest BCUT2D eigenvalue weighted by molar-refractivity contribution is -0.384. The van der Waals surface area contributed by atoms with Crippen molar-refractivity contribution >= 4 is 80.9 Å². The molecule has 0 radical (unpaired) electrons. The van der Waals surface area contributed by atoms with Crippen LogP contribution in [0.25, 0.3) is 0 Å². The second-order valence-corrected chi connectivity index (χ2v) is 16.9. The van der Waals surface area contributed by atoms with Crippen molar-refractivity contribution in [3.63, 3.8) is 0 Å². The predicted molar refractivity (Wildman–Crippen MR) is 214 cm³/mol. The van der Waals surface area contributed by atoms with Gasteiger partial charge >= 0.3 is 5.97 Å². The van der Waals surface area contributed by atoms with Gasteiger partial charge in [0.2, 0.25) is 0 Å². The summed E-state index contributed by atoms with van der Waals surface area (Å²) < 4.78 is 5.39. The number of esters is 1. The fourth-order valence-corrected chi connectivity index (χ4v) is 10.7. The molecule has 4 aromatic carbocycles. The second-order valence-electron chi connectivity index (χ2n) is 12.2. The average molecular weight is 820 g/mol. The van der Waals surface area contributed by atoms with Crippen LogP contribution in [0.1, 0.15) is 63.0 Å². The largest absolute Gasteiger partial charge is 0.463 e. The van der Waals surface area contributed by atoms with E-state index < -0.39 is 41.0 Å². The molecule has 1 amide bonds. The van der Waals surface area contributed by atoms with E-state index in [1.807, 2.05) is 0 Å². The number of benzene rings is 4. The first-order chi connectivity index (χ1) is 24.2. The van der Waals surface area contributed by atoms with Crippen LogP contribution < -0.4 is 21.2 Å². The molecule has 0 aromatic heterocycles. The summed E-state index contributed by atoms with van der Waals surface area (Å²) in [5, 5.41) is 28.5. The van der Waals surface area contributed by atoms with Gasteiger partial charge in [-0.25, -0.2) is 0 Å². The van der Waals surface area contributed by atoms with Crippen LogP contribution in [0.3, 0.4) is 0 Å². The Morgan fingerprint density at radius 3 is 1.63 bits per heavy atom. The van der Waals surface area contributed by atoms with Gasteiger partial charge in [-0.2, -0.15) is 0 Å². The molecule has 272 valence electrons. The third kappa shape index (κ3) is 12.4. The topological polar surface area (TPSA) is 119 Å². The molecule has 2 atom stereocenters. The Morgan fingerprint density at radius 2 is 1.18 bits per heavy atom. The van der Waals surface area contributed by atoms with Crippen molar-refractivity contribution in [1.82, 2.24) is 5.32 Å². The van der Waals surface area contributed by atoms with E-state index in [4.69, 9.17) is 27.9 Å². The van der Waals surface area contributed by atoms with Crippen molar-refractivity contribution in [3.05, 3.63) is 131 Å². The number of aliphatic hydroxyl groups excluding tert-OH is 1. The molecule has 4 rings (SSSR count). The molecule has 8 nitrogen and oxygen atoms in total. The zero-order chi connectivity index (χ0) is 35.8. The maximum absolute atomic E-state index is 12.5. The molecular formula is C39H45BrCl2N2O6P+. The Balaban J connectivity index is 0.00000702. The van der Waals surface area contributed by atoms with Crippen molar-refractivity contribution in [2.24, 2.45) is 0 Å². The minimum absolute atomic E-state index is 0. The van der Waals surface area contributed by atoms with Crippen LogP contribution in [-0.4, -0.2) is 45.6 Å². The number of non-ortho nitro benzene ring substituents is 1. The van der Waals surface area contributed by atoms with Crippen LogP contribution in [0.15, 0.2) is 115 Å². The monoisotopic (exact) mass is 817 g/mol. The minimum atomic E-state index is -1.81. The van der Waals surface area contributed by atoms with Gasteiger partial charge in [-0.3, -0.25) is 19.7 Å². The van der Waals surface area contributed by atoms with Crippen molar-refractivity contribution < 1.29 is 24.4 Å². The Bertz CT molecular complexity index is 1540. The van der Waals surface area contributed by atoms with Crippen molar-refractivity contribution in [3.8, 4) is 0 Å². The van der Waals surface area contributed by atoms with E-state index in [2.05, 4.69) is 96.3 Å². The number of ether oxygens (including phenoxy) is 1. The number of carbonyl (C=O) groups excluding carboxylic acids is 2. The summed E-state index contributed by atoms with van der Waals surface area (Å²) in [5.41, 5.74) is 0.150. The SMILES string of the molecule is Br.O=C(CCCCCCCCC[P+](c1ccccc1)(c1ccccc1)c1ccccc1)OC[C@H](NC(=O)C(Cl)Cl)[C@H](O)c1ccc([N+](=O)[O-])cc1. The van der Waals surface area contributed by atoms with Gasteiger partial charge in [0.25, 0.3) is 11.6 Å². The lowest BCUT2D eigenvalue weighted by Crippen LogP contribution is -2.45. The molecule has 0 bridgehead atoms. The second kappa shape index (κ2) is 21.9. The first kappa shape index (κ1) is 42.1. The number of hydrogen-bond donors (Lipinski definition) is 2. The number of nitro benzene ring substituents is 1. The highest BCUT2D eigenvalue weighted by molar-refractivity contribution is 8.93. The fourth-order valence-electron chi connectivity index (χ4n) is 6.12. The maximum Gasteiger partial charge on any atom is 0.305 e. The van der Waals surface area contributed by atoms with E-state index >= 15 is 0 Å². The number of halogens is 3. The Hall–Kier alpha value is -3.33. The third-order valence-corrected chi connectivity index (χ3v) is 13.7. The van der Waals surface area contributed by atoms with Gasteiger partial charge in [0, 0.05) is 18.6 Å². The normalized spacial score (nSPS) is 12.4. The molecule has 0 unspecified atom stereocenters. The summed E-state index contributed by atoms with van der Waals surface area (Å²) in [6, 6.07) is 37.0. The molecule has 12 heteroatoms. The number of carbonyl (C=O) groups is 2. The highest BCUT2D eigenvalue weighted by Gasteiger charge is 2.44. The fraction of sp³-hybridized carbons (Fsp3) is 0.333. The first-order valence-electron chi connectivity index (χ1n) is 16.9. The highest BCUT2D eigenvalue weighted by Crippen LogP contribution is 2.56. The molecule has 0 saturated heterocycles. The molecule has 51 heavy (non-hydrogen) atoms. The molecule has 0 fully saturated rings. The summed E-state index contributed by atoms with van der Waals surface area (Å²) >= 11 is 11.3. The van der Waals surface area contributed by atoms with E-state index in [1.165, 1.54) is 40.2 Å². The van der Waals surface area contributed by atoms with E-state index in [1.54, 1.807) is 0 Å². The maximum atomic E-state index is 12.5. The number of amides is 1. The third-order valence-electron chi connectivity index (χ3n) is 8.74. The van der Waals surface area contributed by atoms with Crippen LogP contribution in [0.5, 0.6) is 0 Å². The standard InChI is InChI=1S/C39H43Cl2N2O6P.BrH/c40-38(41)39(46)42-35(37(45)30-24-26-31(27-25-30)43(47)48)29-49-36(44)23-15-4-2-1-3-5-16-28-50(32-17-9-6-10-18-32,33-19-11-7-12-20-33)34-21-13-8-14-22-34;/h6-14,17-22,24-27,35,37-38,45H,1-5,15-16,23,28-29H2;1H/p+1/t35-,37+;/m0./s1. The number of aliphatic hydroxyl groups is 1. The van der Waals surface area contributed by atoms with Crippen molar-refractivity contribution in [2.45, 2.75) is 68.3 Å². The molecular weight excluding hydrogens is 774 g/mol. The zero-order valence-corrected chi connectivity index (χ0v) is 32.4. The number of nitrogens with one attached hydrogen (secondary N) is 1. The Labute approximate surface area is 321 Å². The molecule has 0 heterocycles. The van der Waals surface area contributed by atoms with Gasteiger partial charge in [0.1, 0.15) is 35.9 Å². The Morgan fingerprint density at radius 1 is 0.725 bits per heavy atom. The number of hydrogen-bond acceptors (Lipinski definition) is 6. The predicted octanol–water partition coefficient (Wildman–Crippen LogP) is 8.15. The average Bonchev–Trinajstić information content (AvgIpc) is 3.15. The van der Waals surface area contributed by atoms with Gasteiger partial charge < -0.3 is 15.2 Å². The van der Waals surface area contributed by atoms with Gasteiger partial charge in [0.05, 0.1) is 17.1 Å². The van der Waals surface area contributed by atoms with Gasteiger partial charge in [-0.05, 0) is 73.4 Å². The summed E-state index contributed by atoms with van der Waals surface area (Å²) in [7, 11) is -1.81. The number of nitro groups is 1. The van der Waals surface area contributed by atoms with Crippen molar-refractivity contribution in [2.75, 3.05) is 12.8 Å². The van der Waals surface area contributed by atoms with Crippen LogP contribution >= 0.6 is 47.4 Å². The first-order valence-corrected chi connectivity index (χ1v) is 19.8. The van der Waals surface area contributed by atoms with Gasteiger partial charge in [-0.1, -0.05) is 103 Å². The molecule has 0 spiro atoms. The summed E-state index contributed by atoms with van der Waals surface area (Å²) in [6.07, 6.45) is 7.00. The lowest BCUT2D eigenvalue weighted by atomic mass is 10.0. The molecule has 4 aromatic rings. The van der Waals surface area contributed by atoms with Gasteiger partial charge in [0.15, 0.2) is 4.84 Å². The Kier molecular flexibility index (Phi) is 18.1. The van der Waals surface area contributed by atoms with E-state index in [9.17, 15) is 24.8 Å². The summed E-state index contributed by atoms with van der Waals surface area (Å²) in [6.45, 7) is -0.317. The van der Waals surface area contributed by atoms with Crippen LogP contribution in [0, 0.1) is 10.1 Å². The molecule has 0 aliphatic rings. The number of unbranched alkanes of at least 4 members (excludes halogenated alkanes) is 6. The molecule has 2 N–H and O–H groups in total. The van der Waals surface area contributed by atoms with Crippen molar-refractivity contribution in [1.29, 1.82) is 0 Å². The van der Waals surface area contributed by atoms with Crippen LogP contribution in [0.4, 0.5) is 5.69 Å². The highest BCUT2D eigenvalue weighted by atomic mass is 79.9. The number of nitrogens with zero attached hydrogens (tertiary/aromatic N) is 1. The van der Waals surface area contributed by atoms with E-state index in [0.717, 1.165) is 44.7 Å². The molecule has 0 aliphatic heterocycles. The smallest absolute Gasteiger partial charge is 0.305 e. The van der Waals surface area contributed by atoms with E-state index in [0.29, 0.717) is 12.0 Å². The van der Waals surface area contributed by atoms with E-state index in [-0.39, 0.29) is 35.7 Å². The number of alkyl halides is 2.